The Balaban J connectivity index is 2.14. The van der Waals surface area contributed by atoms with E-state index in [4.69, 9.17) is 0 Å². The topological polar surface area (TPSA) is 17.1 Å². The van der Waals surface area contributed by atoms with Gasteiger partial charge in [-0.2, -0.15) is 0 Å². The second-order valence-corrected chi connectivity index (χ2v) is 3.51. The van der Waals surface area contributed by atoms with Crippen LogP contribution < -0.4 is 0 Å². The van der Waals surface area contributed by atoms with E-state index < -0.39 is 0 Å². The highest BCUT2D eigenvalue weighted by Crippen LogP contribution is 2.33. The molecule has 0 atom stereocenters. The minimum atomic E-state index is 0.387. The van der Waals surface area contributed by atoms with Gasteiger partial charge in [-0.1, -0.05) is 36.9 Å². The zero-order valence-corrected chi connectivity index (χ0v) is 7.49. The standard InChI is InChI=1S/C12H12O/c1-2-9-3-5-10(6-4-9)11-7-12(13)8-11/h2-6,11H,1,7-8H2. The largest absolute Gasteiger partial charge is 0.300 e. The lowest BCUT2D eigenvalue weighted by Gasteiger charge is -2.24. The maximum absolute atomic E-state index is 10.8. The summed E-state index contributed by atoms with van der Waals surface area (Å²) in [6.07, 6.45) is 3.29. The van der Waals surface area contributed by atoms with Gasteiger partial charge in [-0.25, -0.2) is 0 Å². The molecule has 0 bridgehead atoms. The molecule has 1 heteroatoms. The molecule has 0 N–H and O–H groups in total. The summed E-state index contributed by atoms with van der Waals surface area (Å²) < 4.78 is 0. The molecule has 0 saturated heterocycles. The van der Waals surface area contributed by atoms with E-state index in [0.717, 1.165) is 18.4 Å². The highest BCUT2D eigenvalue weighted by Gasteiger charge is 2.27. The number of ketones is 1. The van der Waals surface area contributed by atoms with Gasteiger partial charge < -0.3 is 0 Å². The predicted octanol–water partition coefficient (Wildman–Crippen LogP) is 2.78. The van der Waals surface area contributed by atoms with Gasteiger partial charge >= 0.3 is 0 Å². The molecule has 1 saturated carbocycles. The van der Waals surface area contributed by atoms with Crippen LogP contribution in [0.15, 0.2) is 30.8 Å². The van der Waals surface area contributed by atoms with Gasteiger partial charge in [0.1, 0.15) is 5.78 Å². The maximum Gasteiger partial charge on any atom is 0.134 e. The third-order valence-electron chi connectivity index (χ3n) is 2.59. The van der Waals surface area contributed by atoms with Crippen molar-refractivity contribution >= 4 is 11.9 Å². The van der Waals surface area contributed by atoms with Crippen LogP contribution in [-0.2, 0) is 4.79 Å². The highest BCUT2D eigenvalue weighted by molar-refractivity contribution is 5.86. The molecule has 1 aromatic rings. The molecule has 0 heterocycles. The van der Waals surface area contributed by atoms with Gasteiger partial charge in [-0.3, -0.25) is 4.79 Å². The van der Waals surface area contributed by atoms with Gasteiger partial charge in [0.15, 0.2) is 0 Å². The number of hydrogen-bond donors (Lipinski definition) is 0. The second-order valence-electron chi connectivity index (χ2n) is 3.51. The average Bonchev–Trinajstić information content (AvgIpc) is 2.13. The van der Waals surface area contributed by atoms with Crippen molar-refractivity contribution in [1.82, 2.24) is 0 Å². The van der Waals surface area contributed by atoms with Crippen molar-refractivity contribution in [3.05, 3.63) is 42.0 Å². The van der Waals surface area contributed by atoms with Crippen LogP contribution >= 0.6 is 0 Å². The van der Waals surface area contributed by atoms with Crippen LogP contribution in [0.5, 0.6) is 0 Å². The number of carbonyl (C=O) groups is 1. The van der Waals surface area contributed by atoms with Crippen LogP contribution in [0.1, 0.15) is 29.9 Å². The number of carbonyl (C=O) groups excluding carboxylic acids is 1. The summed E-state index contributed by atoms with van der Waals surface area (Å²) >= 11 is 0. The zero-order valence-electron chi connectivity index (χ0n) is 7.49. The summed E-state index contributed by atoms with van der Waals surface area (Å²) in [6.45, 7) is 3.70. The predicted molar refractivity (Wildman–Crippen MR) is 53.5 cm³/mol. The molecule has 1 aliphatic rings. The van der Waals surface area contributed by atoms with E-state index in [2.05, 4.69) is 18.7 Å². The molecule has 0 spiro atoms. The van der Waals surface area contributed by atoms with Crippen molar-refractivity contribution in [2.75, 3.05) is 0 Å². The Bertz CT molecular complexity index is 327. The average molecular weight is 172 g/mol. The summed E-state index contributed by atoms with van der Waals surface area (Å²) in [5, 5.41) is 0. The van der Waals surface area contributed by atoms with Crippen molar-refractivity contribution in [3.8, 4) is 0 Å². The minimum absolute atomic E-state index is 0.387. The molecule has 66 valence electrons. The first-order chi connectivity index (χ1) is 6.29. The van der Waals surface area contributed by atoms with Crippen molar-refractivity contribution in [3.63, 3.8) is 0 Å². The van der Waals surface area contributed by atoms with Crippen molar-refractivity contribution in [1.29, 1.82) is 0 Å². The van der Waals surface area contributed by atoms with E-state index in [1.807, 2.05) is 18.2 Å². The van der Waals surface area contributed by atoms with Crippen molar-refractivity contribution in [2.45, 2.75) is 18.8 Å². The van der Waals surface area contributed by atoms with E-state index in [9.17, 15) is 4.79 Å². The van der Waals surface area contributed by atoms with Crippen LogP contribution in [0.3, 0.4) is 0 Å². The first-order valence-corrected chi connectivity index (χ1v) is 4.53. The monoisotopic (exact) mass is 172 g/mol. The van der Waals surface area contributed by atoms with Crippen molar-refractivity contribution < 1.29 is 4.79 Å². The summed E-state index contributed by atoms with van der Waals surface area (Å²) in [4.78, 5) is 10.8. The normalized spacial score (nSPS) is 16.8. The summed E-state index contributed by atoms with van der Waals surface area (Å²) in [7, 11) is 0. The molecule has 1 aliphatic carbocycles. The Morgan fingerprint density at radius 2 is 1.85 bits per heavy atom. The van der Waals surface area contributed by atoms with Crippen LogP contribution in [0, 0.1) is 0 Å². The Labute approximate surface area is 78.1 Å². The molecule has 0 aromatic heterocycles. The van der Waals surface area contributed by atoms with E-state index in [1.54, 1.807) is 0 Å². The molecule has 13 heavy (non-hydrogen) atoms. The Kier molecular flexibility index (Phi) is 2.01. The molecule has 1 aromatic carbocycles. The molecular formula is C12H12O. The molecule has 0 unspecified atom stereocenters. The molecule has 0 radical (unpaired) electrons. The zero-order chi connectivity index (χ0) is 9.26. The lowest BCUT2D eigenvalue weighted by Crippen LogP contribution is -2.20. The fraction of sp³-hybridized carbons (Fsp3) is 0.250. The van der Waals surface area contributed by atoms with Gasteiger partial charge in [-0.05, 0) is 17.0 Å². The smallest absolute Gasteiger partial charge is 0.134 e. The van der Waals surface area contributed by atoms with Gasteiger partial charge in [0.05, 0.1) is 0 Å². The number of hydrogen-bond acceptors (Lipinski definition) is 1. The molecule has 2 rings (SSSR count). The molecular weight excluding hydrogens is 160 g/mol. The fourth-order valence-corrected chi connectivity index (χ4v) is 1.63. The Morgan fingerprint density at radius 3 is 2.31 bits per heavy atom. The lowest BCUT2D eigenvalue weighted by atomic mass is 9.79. The second kappa shape index (κ2) is 3.17. The molecule has 0 aliphatic heterocycles. The SMILES string of the molecule is C=Cc1ccc(C2CC(=O)C2)cc1. The van der Waals surface area contributed by atoms with E-state index in [-0.39, 0.29) is 0 Å². The molecule has 1 fully saturated rings. The first kappa shape index (κ1) is 8.24. The van der Waals surface area contributed by atoms with E-state index in [1.165, 1.54) is 5.56 Å². The van der Waals surface area contributed by atoms with Gasteiger partial charge in [0, 0.05) is 12.8 Å². The molecule has 1 nitrogen and oxygen atoms in total. The maximum atomic E-state index is 10.8. The summed E-state index contributed by atoms with van der Waals surface area (Å²) in [5.41, 5.74) is 2.42. The molecule has 0 amide bonds. The van der Waals surface area contributed by atoms with E-state index in [0.29, 0.717) is 11.7 Å². The van der Waals surface area contributed by atoms with Crippen molar-refractivity contribution in [2.24, 2.45) is 0 Å². The third kappa shape index (κ3) is 1.55. The third-order valence-corrected chi connectivity index (χ3v) is 2.59. The minimum Gasteiger partial charge on any atom is -0.300 e. The summed E-state index contributed by atoms with van der Waals surface area (Å²) in [5.74, 6) is 0.865. The number of rotatable bonds is 2. The fourth-order valence-electron chi connectivity index (χ4n) is 1.63. The van der Waals surface area contributed by atoms with Gasteiger partial charge in [0.2, 0.25) is 0 Å². The quantitative estimate of drug-likeness (QED) is 0.670. The number of benzene rings is 1. The summed E-state index contributed by atoms with van der Waals surface area (Å²) in [6, 6.07) is 8.28. The Hall–Kier alpha value is -1.37. The van der Waals surface area contributed by atoms with Crippen LogP contribution in [0.2, 0.25) is 0 Å². The first-order valence-electron chi connectivity index (χ1n) is 4.53. The van der Waals surface area contributed by atoms with Gasteiger partial charge in [0.25, 0.3) is 0 Å². The lowest BCUT2D eigenvalue weighted by molar-refractivity contribution is -0.124. The van der Waals surface area contributed by atoms with Crippen LogP contribution in [0.25, 0.3) is 6.08 Å². The van der Waals surface area contributed by atoms with Crippen LogP contribution in [0.4, 0.5) is 0 Å². The van der Waals surface area contributed by atoms with Crippen LogP contribution in [-0.4, -0.2) is 5.78 Å². The Morgan fingerprint density at radius 1 is 1.23 bits per heavy atom. The highest BCUT2D eigenvalue weighted by atomic mass is 16.1. The van der Waals surface area contributed by atoms with Gasteiger partial charge in [-0.15, -0.1) is 0 Å². The van der Waals surface area contributed by atoms with E-state index >= 15 is 0 Å². The number of Topliss-reactive ketones (excluding diaryl/α,β-unsaturated/α-hetero) is 1.